The van der Waals surface area contributed by atoms with Gasteiger partial charge in [0.25, 0.3) is 0 Å². The molecule has 0 radical (unpaired) electrons. The Labute approximate surface area is 185 Å². The Bertz CT molecular complexity index is 876. The quantitative estimate of drug-likeness (QED) is 0.372. The van der Waals surface area contributed by atoms with Gasteiger partial charge in [-0.25, -0.2) is 0 Å². The standard InChI is InChI=1S/C27H35NO3/c1-27-16-15-22-21-11-9-20(28-30)17-19(21)8-10-23(22)24(27)12-13-25(27)31-26(29)14-7-18-5-3-2-4-6-18/h2-6,17,21-25,30H,7-16H2,1H3/b28-20-/t21-,22+,23+,24-,25-,27-/m0/s1. The Balaban J connectivity index is 1.23. The van der Waals surface area contributed by atoms with Gasteiger partial charge in [-0.15, -0.1) is 0 Å². The molecule has 1 aromatic rings. The van der Waals surface area contributed by atoms with Gasteiger partial charge in [-0.05, 0) is 93.1 Å². The molecule has 31 heavy (non-hydrogen) atoms. The number of benzene rings is 1. The smallest absolute Gasteiger partial charge is 0.306 e. The van der Waals surface area contributed by atoms with Gasteiger partial charge in [-0.1, -0.05) is 48.0 Å². The Morgan fingerprint density at radius 2 is 1.94 bits per heavy atom. The normalized spacial score (nSPS) is 38.0. The van der Waals surface area contributed by atoms with Gasteiger partial charge < -0.3 is 9.94 Å². The molecule has 166 valence electrons. The molecule has 1 aromatic carbocycles. The maximum absolute atomic E-state index is 12.7. The van der Waals surface area contributed by atoms with Crippen molar-refractivity contribution in [2.45, 2.75) is 77.2 Å². The largest absolute Gasteiger partial charge is 0.462 e. The Morgan fingerprint density at radius 1 is 1.10 bits per heavy atom. The van der Waals surface area contributed by atoms with E-state index >= 15 is 0 Å². The number of esters is 1. The number of carbonyl (C=O) groups is 1. The summed E-state index contributed by atoms with van der Waals surface area (Å²) in [5.74, 6) is 2.82. The van der Waals surface area contributed by atoms with Gasteiger partial charge in [-0.3, -0.25) is 4.79 Å². The zero-order chi connectivity index (χ0) is 21.4. The van der Waals surface area contributed by atoms with E-state index in [0.717, 1.165) is 49.7 Å². The Kier molecular flexibility index (Phi) is 5.66. The van der Waals surface area contributed by atoms with Gasteiger partial charge in [0.05, 0.1) is 5.71 Å². The van der Waals surface area contributed by atoms with Crippen molar-refractivity contribution < 1.29 is 14.7 Å². The Hall–Kier alpha value is -2.10. The predicted octanol–water partition coefficient (Wildman–Crippen LogP) is 5.93. The number of hydrogen-bond acceptors (Lipinski definition) is 4. The van der Waals surface area contributed by atoms with Crippen LogP contribution in [0.2, 0.25) is 0 Å². The number of hydrogen-bond donors (Lipinski definition) is 1. The minimum Gasteiger partial charge on any atom is -0.462 e. The highest BCUT2D eigenvalue weighted by Gasteiger charge is 2.57. The highest BCUT2D eigenvalue weighted by atomic mass is 16.5. The van der Waals surface area contributed by atoms with Gasteiger partial charge in [-0.2, -0.15) is 0 Å². The van der Waals surface area contributed by atoms with Crippen LogP contribution in [0.3, 0.4) is 0 Å². The van der Waals surface area contributed by atoms with E-state index in [4.69, 9.17) is 4.74 Å². The van der Waals surface area contributed by atoms with Gasteiger partial charge in [0.1, 0.15) is 6.10 Å². The summed E-state index contributed by atoms with van der Waals surface area (Å²) in [5.41, 5.74) is 3.71. The van der Waals surface area contributed by atoms with Crippen molar-refractivity contribution in [3.8, 4) is 0 Å². The van der Waals surface area contributed by atoms with Gasteiger partial charge in [0, 0.05) is 11.8 Å². The van der Waals surface area contributed by atoms with E-state index in [1.165, 1.54) is 36.8 Å². The van der Waals surface area contributed by atoms with E-state index < -0.39 is 0 Å². The molecule has 3 saturated carbocycles. The summed E-state index contributed by atoms with van der Waals surface area (Å²) >= 11 is 0. The number of oxime groups is 1. The van der Waals surface area contributed by atoms with Crippen molar-refractivity contribution in [2.75, 3.05) is 0 Å². The molecule has 0 aromatic heterocycles. The van der Waals surface area contributed by atoms with Crippen molar-refractivity contribution in [3.63, 3.8) is 0 Å². The summed E-state index contributed by atoms with van der Waals surface area (Å²) in [6.45, 7) is 2.40. The summed E-state index contributed by atoms with van der Waals surface area (Å²) in [6.07, 6.45) is 12.5. The molecule has 4 heteroatoms. The van der Waals surface area contributed by atoms with Crippen LogP contribution in [0.5, 0.6) is 0 Å². The lowest BCUT2D eigenvalue weighted by atomic mass is 9.52. The molecular weight excluding hydrogens is 386 g/mol. The van der Waals surface area contributed by atoms with E-state index in [-0.39, 0.29) is 17.5 Å². The first-order valence-corrected chi connectivity index (χ1v) is 12.2. The zero-order valence-corrected chi connectivity index (χ0v) is 18.6. The first-order chi connectivity index (χ1) is 15.1. The van der Waals surface area contributed by atoms with E-state index in [1.807, 2.05) is 18.2 Å². The van der Waals surface area contributed by atoms with E-state index in [2.05, 4.69) is 30.3 Å². The maximum atomic E-state index is 12.7. The molecule has 0 unspecified atom stereocenters. The van der Waals surface area contributed by atoms with E-state index in [9.17, 15) is 10.0 Å². The third-order valence-electron chi connectivity index (χ3n) is 9.09. The average molecular weight is 422 g/mol. The SMILES string of the molecule is C[C@]12CC[C@H]3[C@@H](CCC4=C/C(=N\O)CC[C@@H]43)[C@@H]1CC[C@@H]2OC(=O)CCc1ccccc1. The summed E-state index contributed by atoms with van der Waals surface area (Å²) in [6, 6.07) is 10.2. The molecule has 5 rings (SSSR count). The van der Waals surface area contributed by atoms with Crippen LogP contribution in [0.15, 0.2) is 47.1 Å². The second-order valence-corrected chi connectivity index (χ2v) is 10.5. The third-order valence-corrected chi connectivity index (χ3v) is 9.09. The van der Waals surface area contributed by atoms with Crippen LogP contribution >= 0.6 is 0 Å². The first-order valence-electron chi connectivity index (χ1n) is 12.2. The number of ether oxygens (including phenoxy) is 1. The fraction of sp³-hybridized carbons (Fsp3) is 0.630. The van der Waals surface area contributed by atoms with E-state index in [1.54, 1.807) is 0 Å². The van der Waals surface area contributed by atoms with Crippen LogP contribution in [-0.2, 0) is 16.0 Å². The van der Waals surface area contributed by atoms with Crippen molar-refractivity contribution in [1.29, 1.82) is 0 Å². The highest BCUT2D eigenvalue weighted by Crippen LogP contribution is 2.62. The second kappa shape index (κ2) is 8.44. The van der Waals surface area contributed by atoms with Crippen molar-refractivity contribution in [2.24, 2.45) is 34.2 Å². The number of aryl methyl sites for hydroxylation is 1. The summed E-state index contributed by atoms with van der Waals surface area (Å²) < 4.78 is 6.13. The molecule has 6 atom stereocenters. The average Bonchev–Trinajstić information content (AvgIpc) is 3.13. The van der Waals surface area contributed by atoms with Crippen molar-refractivity contribution >= 4 is 11.7 Å². The lowest BCUT2D eigenvalue weighted by Gasteiger charge is -2.53. The molecule has 0 amide bonds. The number of rotatable bonds is 4. The lowest BCUT2D eigenvalue weighted by Crippen LogP contribution is -2.48. The molecule has 0 spiro atoms. The molecule has 0 heterocycles. The number of nitrogens with zero attached hydrogens (tertiary/aromatic N) is 1. The monoisotopic (exact) mass is 421 g/mol. The molecule has 0 saturated heterocycles. The van der Waals surface area contributed by atoms with Crippen LogP contribution in [-0.4, -0.2) is 23.0 Å². The molecule has 4 nitrogen and oxygen atoms in total. The van der Waals surface area contributed by atoms with Crippen LogP contribution in [0.1, 0.15) is 70.3 Å². The van der Waals surface area contributed by atoms with Crippen LogP contribution in [0.4, 0.5) is 0 Å². The maximum Gasteiger partial charge on any atom is 0.306 e. The molecular formula is C27H35NO3. The topological polar surface area (TPSA) is 58.9 Å². The first kappa shape index (κ1) is 20.8. The van der Waals surface area contributed by atoms with Crippen LogP contribution in [0.25, 0.3) is 0 Å². The second-order valence-electron chi connectivity index (χ2n) is 10.5. The summed E-state index contributed by atoms with van der Waals surface area (Å²) in [5, 5.41) is 12.6. The molecule has 0 aliphatic heterocycles. The molecule has 4 aliphatic carbocycles. The third kappa shape index (κ3) is 3.83. The van der Waals surface area contributed by atoms with Gasteiger partial charge in [0.2, 0.25) is 0 Å². The lowest BCUT2D eigenvalue weighted by molar-refractivity contribution is -0.158. The van der Waals surface area contributed by atoms with Crippen molar-refractivity contribution in [1.82, 2.24) is 0 Å². The minimum absolute atomic E-state index is 0.0326. The number of allylic oxidation sites excluding steroid dienone is 2. The van der Waals surface area contributed by atoms with Gasteiger partial charge in [0.15, 0.2) is 0 Å². The summed E-state index contributed by atoms with van der Waals surface area (Å²) in [7, 11) is 0. The van der Waals surface area contributed by atoms with Gasteiger partial charge >= 0.3 is 5.97 Å². The highest BCUT2D eigenvalue weighted by molar-refractivity contribution is 5.96. The van der Waals surface area contributed by atoms with Crippen molar-refractivity contribution in [3.05, 3.63) is 47.5 Å². The minimum atomic E-state index is -0.0326. The Morgan fingerprint density at radius 3 is 2.74 bits per heavy atom. The van der Waals surface area contributed by atoms with E-state index in [0.29, 0.717) is 18.3 Å². The molecule has 4 aliphatic rings. The van der Waals surface area contributed by atoms with Crippen LogP contribution < -0.4 is 0 Å². The molecule has 1 N–H and O–H groups in total. The number of fused-ring (bicyclic) bond motifs is 5. The number of carbonyl (C=O) groups excluding carboxylic acids is 1. The zero-order valence-electron chi connectivity index (χ0n) is 18.6. The van der Waals surface area contributed by atoms with Crippen LogP contribution in [0, 0.1) is 29.1 Å². The molecule has 0 bridgehead atoms. The predicted molar refractivity (Wildman–Crippen MR) is 121 cm³/mol. The summed E-state index contributed by atoms with van der Waals surface area (Å²) in [4.78, 5) is 12.7. The fourth-order valence-electron chi connectivity index (χ4n) is 7.53. The fourth-order valence-corrected chi connectivity index (χ4v) is 7.53. The molecule has 3 fully saturated rings.